The molecule has 0 aromatic carbocycles. The first kappa shape index (κ1) is 8.96. The van der Waals surface area contributed by atoms with Gasteiger partial charge in [0, 0.05) is 6.04 Å². The Balaban J connectivity index is 3.32. The molecule has 0 aliphatic rings. The number of nitrogens with one attached hydrogen (secondary N) is 1. The van der Waals surface area contributed by atoms with E-state index in [1.165, 1.54) is 6.42 Å². The Morgan fingerprint density at radius 2 is 1.78 bits per heavy atom. The van der Waals surface area contributed by atoms with E-state index < -0.39 is 0 Å². The Bertz CT molecular complexity index is 61.6. The van der Waals surface area contributed by atoms with E-state index in [0.29, 0.717) is 6.04 Å². The first-order chi connectivity index (χ1) is 4.22. The summed E-state index contributed by atoms with van der Waals surface area (Å²) in [5.41, 5.74) is 0. The summed E-state index contributed by atoms with van der Waals surface area (Å²) < 4.78 is 0. The molecule has 0 aromatic rings. The van der Waals surface area contributed by atoms with Gasteiger partial charge in [0.05, 0.1) is 0 Å². The lowest BCUT2D eigenvalue weighted by Crippen LogP contribution is -2.31. The van der Waals surface area contributed by atoms with E-state index in [0.717, 1.165) is 12.5 Å². The number of rotatable bonds is 4. The van der Waals surface area contributed by atoms with Gasteiger partial charge < -0.3 is 5.32 Å². The molecule has 1 N–H and O–H groups in total. The first-order valence-electron chi connectivity index (χ1n) is 3.95. The third kappa shape index (κ3) is 3.52. The SMILES string of the molecule is CCNC(C)C(C)CC. The molecule has 0 aliphatic heterocycles. The minimum atomic E-state index is 0.681. The zero-order valence-electron chi connectivity index (χ0n) is 7.07. The molecular weight excluding hydrogens is 110 g/mol. The summed E-state index contributed by atoms with van der Waals surface area (Å²) in [6.07, 6.45) is 1.27. The zero-order chi connectivity index (χ0) is 7.28. The van der Waals surface area contributed by atoms with Crippen LogP contribution in [0.5, 0.6) is 0 Å². The summed E-state index contributed by atoms with van der Waals surface area (Å²) in [7, 11) is 0. The summed E-state index contributed by atoms with van der Waals surface area (Å²) >= 11 is 0. The van der Waals surface area contributed by atoms with E-state index >= 15 is 0 Å². The van der Waals surface area contributed by atoms with Crippen LogP contribution in [0.3, 0.4) is 0 Å². The molecule has 0 bridgehead atoms. The molecule has 0 amide bonds. The van der Waals surface area contributed by atoms with Crippen molar-refractivity contribution in [2.45, 2.75) is 40.2 Å². The van der Waals surface area contributed by atoms with E-state index in [9.17, 15) is 0 Å². The van der Waals surface area contributed by atoms with E-state index in [1.807, 2.05) is 0 Å². The highest BCUT2D eigenvalue weighted by atomic mass is 14.9. The van der Waals surface area contributed by atoms with E-state index in [4.69, 9.17) is 0 Å². The van der Waals surface area contributed by atoms with Crippen LogP contribution in [0.15, 0.2) is 0 Å². The zero-order valence-corrected chi connectivity index (χ0v) is 7.07. The van der Waals surface area contributed by atoms with Gasteiger partial charge in [-0.2, -0.15) is 0 Å². The van der Waals surface area contributed by atoms with Gasteiger partial charge in [-0.15, -0.1) is 0 Å². The van der Waals surface area contributed by atoms with Gasteiger partial charge in [-0.3, -0.25) is 0 Å². The molecule has 1 nitrogen and oxygen atoms in total. The van der Waals surface area contributed by atoms with Crippen LogP contribution >= 0.6 is 0 Å². The Labute approximate surface area is 58.8 Å². The van der Waals surface area contributed by atoms with Crippen molar-refractivity contribution in [2.75, 3.05) is 6.54 Å². The molecule has 0 fully saturated rings. The van der Waals surface area contributed by atoms with Crippen molar-refractivity contribution in [1.82, 2.24) is 5.32 Å². The molecule has 9 heavy (non-hydrogen) atoms. The Morgan fingerprint density at radius 3 is 2.11 bits per heavy atom. The topological polar surface area (TPSA) is 12.0 Å². The van der Waals surface area contributed by atoms with Crippen molar-refractivity contribution < 1.29 is 0 Å². The molecule has 0 spiro atoms. The number of hydrogen-bond acceptors (Lipinski definition) is 1. The summed E-state index contributed by atoms with van der Waals surface area (Å²) in [6, 6.07) is 0.681. The molecule has 1 heteroatoms. The molecule has 0 heterocycles. The Kier molecular flexibility index (Phi) is 4.78. The molecule has 0 aromatic heterocycles. The van der Waals surface area contributed by atoms with Crippen LogP contribution in [0.1, 0.15) is 34.1 Å². The summed E-state index contributed by atoms with van der Waals surface area (Å²) in [4.78, 5) is 0. The maximum Gasteiger partial charge on any atom is 0.00641 e. The van der Waals surface area contributed by atoms with Crippen LogP contribution in [0.2, 0.25) is 0 Å². The molecule has 2 atom stereocenters. The maximum absolute atomic E-state index is 3.40. The minimum Gasteiger partial charge on any atom is -0.314 e. The quantitative estimate of drug-likeness (QED) is 0.612. The second-order valence-corrected chi connectivity index (χ2v) is 2.73. The predicted octanol–water partition coefficient (Wildman–Crippen LogP) is 2.03. The second-order valence-electron chi connectivity index (χ2n) is 2.73. The van der Waals surface area contributed by atoms with Gasteiger partial charge >= 0.3 is 0 Å². The highest BCUT2D eigenvalue weighted by molar-refractivity contribution is 4.65. The van der Waals surface area contributed by atoms with Crippen LogP contribution in [0.25, 0.3) is 0 Å². The van der Waals surface area contributed by atoms with Crippen LogP contribution in [-0.4, -0.2) is 12.6 Å². The standard InChI is InChI=1S/C8H19N/c1-5-7(3)8(4)9-6-2/h7-9H,5-6H2,1-4H3. The second kappa shape index (κ2) is 4.80. The number of hydrogen-bond donors (Lipinski definition) is 1. The van der Waals surface area contributed by atoms with Crippen LogP contribution < -0.4 is 5.32 Å². The van der Waals surface area contributed by atoms with Crippen molar-refractivity contribution in [3.05, 3.63) is 0 Å². The molecular formula is C8H19N. The fourth-order valence-corrected chi connectivity index (χ4v) is 0.877. The lowest BCUT2D eigenvalue weighted by atomic mass is 10.0. The smallest absolute Gasteiger partial charge is 0.00641 e. The lowest BCUT2D eigenvalue weighted by molar-refractivity contribution is 0.398. The van der Waals surface area contributed by atoms with Crippen molar-refractivity contribution in [3.8, 4) is 0 Å². The molecule has 2 unspecified atom stereocenters. The average molecular weight is 129 g/mol. The third-order valence-electron chi connectivity index (χ3n) is 2.02. The van der Waals surface area contributed by atoms with Gasteiger partial charge in [0.2, 0.25) is 0 Å². The van der Waals surface area contributed by atoms with Crippen LogP contribution in [0.4, 0.5) is 0 Å². The molecule has 0 radical (unpaired) electrons. The van der Waals surface area contributed by atoms with Gasteiger partial charge in [0.25, 0.3) is 0 Å². The van der Waals surface area contributed by atoms with Gasteiger partial charge in [-0.05, 0) is 19.4 Å². The van der Waals surface area contributed by atoms with Crippen molar-refractivity contribution >= 4 is 0 Å². The largest absolute Gasteiger partial charge is 0.314 e. The van der Waals surface area contributed by atoms with Crippen LogP contribution in [0, 0.1) is 5.92 Å². The van der Waals surface area contributed by atoms with Crippen molar-refractivity contribution in [3.63, 3.8) is 0 Å². The van der Waals surface area contributed by atoms with Gasteiger partial charge in [-0.25, -0.2) is 0 Å². The average Bonchev–Trinajstić information content (AvgIpc) is 1.87. The van der Waals surface area contributed by atoms with E-state index in [-0.39, 0.29) is 0 Å². The van der Waals surface area contributed by atoms with E-state index in [2.05, 4.69) is 33.0 Å². The maximum atomic E-state index is 3.40. The Hall–Kier alpha value is -0.0400. The highest BCUT2D eigenvalue weighted by Gasteiger charge is 2.06. The molecule has 0 saturated carbocycles. The molecule has 0 rings (SSSR count). The molecule has 56 valence electrons. The highest BCUT2D eigenvalue weighted by Crippen LogP contribution is 2.05. The molecule has 0 aliphatic carbocycles. The minimum absolute atomic E-state index is 0.681. The Morgan fingerprint density at radius 1 is 1.22 bits per heavy atom. The van der Waals surface area contributed by atoms with Gasteiger partial charge in [0.15, 0.2) is 0 Å². The third-order valence-corrected chi connectivity index (χ3v) is 2.02. The fourth-order valence-electron chi connectivity index (χ4n) is 0.877. The predicted molar refractivity (Wildman–Crippen MR) is 42.6 cm³/mol. The summed E-state index contributed by atoms with van der Waals surface area (Å²) in [5.74, 6) is 0.810. The van der Waals surface area contributed by atoms with Crippen molar-refractivity contribution in [1.29, 1.82) is 0 Å². The molecule has 0 saturated heterocycles. The summed E-state index contributed by atoms with van der Waals surface area (Å²) in [6.45, 7) is 10.0. The van der Waals surface area contributed by atoms with Gasteiger partial charge in [-0.1, -0.05) is 27.2 Å². The van der Waals surface area contributed by atoms with Gasteiger partial charge in [0.1, 0.15) is 0 Å². The summed E-state index contributed by atoms with van der Waals surface area (Å²) in [5, 5.41) is 3.40. The van der Waals surface area contributed by atoms with E-state index in [1.54, 1.807) is 0 Å². The normalized spacial score (nSPS) is 17.3. The van der Waals surface area contributed by atoms with Crippen LogP contribution in [-0.2, 0) is 0 Å². The first-order valence-corrected chi connectivity index (χ1v) is 3.95. The fraction of sp³-hybridized carbons (Fsp3) is 1.00. The lowest BCUT2D eigenvalue weighted by Gasteiger charge is -2.18. The van der Waals surface area contributed by atoms with Crippen molar-refractivity contribution in [2.24, 2.45) is 5.92 Å². The monoisotopic (exact) mass is 129 g/mol.